The minimum absolute atomic E-state index is 0.473. The molecule has 0 radical (unpaired) electrons. The molecular weight excluding hydrogens is 334 g/mol. The summed E-state index contributed by atoms with van der Waals surface area (Å²) in [4.78, 5) is 4.86. The van der Waals surface area contributed by atoms with E-state index < -0.39 is 0 Å². The van der Waals surface area contributed by atoms with Gasteiger partial charge in [0.25, 0.3) is 0 Å². The van der Waals surface area contributed by atoms with E-state index in [1.54, 1.807) is 7.11 Å². The summed E-state index contributed by atoms with van der Waals surface area (Å²) in [5.41, 5.74) is 2.78. The lowest BCUT2D eigenvalue weighted by Gasteiger charge is -2.24. The molecule has 5 heteroatoms. The van der Waals surface area contributed by atoms with Crippen molar-refractivity contribution in [1.82, 2.24) is 9.38 Å². The summed E-state index contributed by atoms with van der Waals surface area (Å²) < 4.78 is 7.62. The molecule has 1 fully saturated rings. The number of pyridine rings is 1. The highest BCUT2D eigenvalue weighted by atomic mass is 35.5. The van der Waals surface area contributed by atoms with Crippen molar-refractivity contribution in [1.29, 1.82) is 0 Å². The monoisotopic (exact) mass is 355 g/mol. The van der Waals surface area contributed by atoms with Crippen molar-refractivity contribution in [2.75, 3.05) is 12.4 Å². The Kier molecular flexibility index (Phi) is 4.53. The molecule has 1 aromatic carbocycles. The smallest absolute Gasteiger partial charge is 0.139 e. The van der Waals surface area contributed by atoms with Gasteiger partial charge in [0.2, 0.25) is 0 Å². The summed E-state index contributed by atoms with van der Waals surface area (Å²) in [5, 5.41) is 4.43. The van der Waals surface area contributed by atoms with Gasteiger partial charge < -0.3 is 10.1 Å². The molecule has 4 rings (SSSR count). The second kappa shape index (κ2) is 6.96. The maximum Gasteiger partial charge on any atom is 0.139 e. The molecule has 4 nitrogen and oxygen atoms in total. The molecule has 2 aromatic heterocycles. The molecule has 0 bridgehead atoms. The molecule has 1 aliphatic carbocycles. The second-order valence-electron chi connectivity index (χ2n) is 6.56. The quantitative estimate of drug-likeness (QED) is 0.680. The number of halogens is 1. The van der Waals surface area contributed by atoms with Crippen LogP contribution in [0, 0.1) is 0 Å². The highest BCUT2D eigenvalue weighted by Gasteiger charge is 2.21. The summed E-state index contributed by atoms with van der Waals surface area (Å²) in [6.45, 7) is 0. The minimum atomic E-state index is 0.473. The lowest BCUT2D eigenvalue weighted by Crippen LogP contribution is -2.23. The number of hydrogen-bond acceptors (Lipinski definition) is 3. The number of ether oxygens (including phenoxy) is 1. The predicted molar refractivity (Wildman–Crippen MR) is 103 cm³/mol. The van der Waals surface area contributed by atoms with E-state index in [9.17, 15) is 0 Å². The Morgan fingerprint density at radius 3 is 2.72 bits per heavy atom. The van der Waals surface area contributed by atoms with Crippen LogP contribution in [0.25, 0.3) is 16.9 Å². The van der Waals surface area contributed by atoms with Crippen molar-refractivity contribution in [3.05, 3.63) is 47.6 Å². The maximum absolute atomic E-state index is 6.25. The Morgan fingerprint density at radius 2 is 1.92 bits per heavy atom. The van der Waals surface area contributed by atoms with Crippen LogP contribution in [0.5, 0.6) is 5.75 Å². The lowest BCUT2D eigenvalue weighted by atomic mass is 9.95. The van der Waals surface area contributed by atoms with Gasteiger partial charge in [-0.05, 0) is 37.1 Å². The van der Waals surface area contributed by atoms with E-state index in [0.717, 1.165) is 28.5 Å². The van der Waals surface area contributed by atoms with Crippen LogP contribution in [0.3, 0.4) is 0 Å². The number of anilines is 1. The van der Waals surface area contributed by atoms with Gasteiger partial charge in [0, 0.05) is 17.8 Å². The number of hydrogen-bond donors (Lipinski definition) is 1. The van der Waals surface area contributed by atoms with Gasteiger partial charge in [-0.3, -0.25) is 4.40 Å². The third-order valence-corrected chi connectivity index (χ3v) is 5.11. The van der Waals surface area contributed by atoms with Crippen LogP contribution >= 0.6 is 11.6 Å². The third-order valence-electron chi connectivity index (χ3n) is 4.89. The first-order chi connectivity index (χ1) is 12.3. The normalized spacial score (nSPS) is 15.4. The molecule has 130 valence electrons. The van der Waals surface area contributed by atoms with Crippen LogP contribution in [-0.2, 0) is 0 Å². The van der Waals surface area contributed by atoms with E-state index in [0.29, 0.717) is 11.1 Å². The Labute approximate surface area is 152 Å². The number of benzene rings is 1. The number of para-hydroxylation sites is 1. The van der Waals surface area contributed by atoms with Gasteiger partial charge in [0.1, 0.15) is 22.9 Å². The fourth-order valence-electron chi connectivity index (χ4n) is 3.63. The molecule has 0 saturated heterocycles. The number of fused-ring (bicyclic) bond motifs is 1. The molecule has 3 aromatic rings. The highest BCUT2D eigenvalue weighted by molar-refractivity contribution is 6.30. The Bertz CT molecular complexity index is 884. The van der Waals surface area contributed by atoms with Crippen molar-refractivity contribution in [2.45, 2.75) is 38.1 Å². The van der Waals surface area contributed by atoms with Gasteiger partial charge in [0.05, 0.1) is 12.1 Å². The molecule has 2 heterocycles. The van der Waals surface area contributed by atoms with Gasteiger partial charge in [-0.15, -0.1) is 0 Å². The minimum Gasteiger partial charge on any atom is -0.496 e. The fraction of sp³-hybridized carbons (Fsp3) is 0.350. The average molecular weight is 356 g/mol. The van der Waals surface area contributed by atoms with E-state index in [4.69, 9.17) is 21.3 Å². The van der Waals surface area contributed by atoms with E-state index in [2.05, 4.69) is 9.72 Å². The van der Waals surface area contributed by atoms with Crippen LogP contribution in [0.2, 0.25) is 5.02 Å². The number of methoxy groups -OCH3 is 1. The van der Waals surface area contributed by atoms with E-state index in [1.807, 2.05) is 42.6 Å². The number of imidazole rings is 1. The lowest BCUT2D eigenvalue weighted by molar-refractivity contribution is 0.416. The van der Waals surface area contributed by atoms with E-state index in [1.165, 1.54) is 32.1 Å². The van der Waals surface area contributed by atoms with Crippen LogP contribution in [0.15, 0.2) is 42.6 Å². The molecule has 0 aliphatic heterocycles. The first-order valence-corrected chi connectivity index (χ1v) is 9.21. The van der Waals surface area contributed by atoms with Crippen LogP contribution in [0.1, 0.15) is 32.1 Å². The molecule has 1 aliphatic rings. The van der Waals surface area contributed by atoms with Gasteiger partial charge in [-0.1, -0.05) is 43.0 Å². The zero-order valence-corrected chi connectivity index (χ0v) is 15.1. The standard InChI is InChI=1S/C20H22ClN3O/c1-25-17-10-6-5-9-16(17)19-20(22-15-7-3-2-4-8-15)24-13-14(21)11-12-18(24)23-19/h5-6,9-13,15,22H,2-4,7-8H2,1H3. The Morgan fingerprint density at radius 1 is 1.12 bits per heavy atom. The number of nitrogens with zero attached hydrogens (tertiary/aromatic N) is 2. The van der Waals surface area contributed by atoms with Crippen molar-refractivity contribution < 1.29 is 4.74 Å². The van der Waals surface area contributed by atoms with Crippen molar-refractivity contribution >= 4 is 23.1 Å². The molecule has 1 saturated carbocycles. The third kappa shape index (κ3) is 3.19. The Balaban J connectivity index is 1.86. The fourth-order valence-corrected chi connectivity index (χ4v) is 3.79. The molecule has 0 spiro atoms. The summed E-state index contributed by atoms with van der Waals surface area (Å²) in [6.07, 6.45) is 8.20. The van der Waals surface area contributed by atoms with Crippen LogP contribution in [-0.4, -0.2) is 22.5 Å². The van der Waals surface area contributed by atoms with E-state index >= 15 is 0 Å². The molecule has 1 N–H and O–H groups in total. The summed E-state index contributed by atoms with van der Waals surface area (Å²) in [6, 6.07) is 12.3. The molecular formula is C20H22ClN3O. The predicted octanol–water partition coefficient (Wildman–Crippen LogP) is 5.41. The van der Waals surface area contributed by atoms with Gasteiger partial charge >= 0.3 is 0 Å². The number of rotatable bonds is 4. The van der Waals surface area contributed by atoms with Gasteiger partial charge in [-0.2, -0.15) is 0 Å². The molecule has 0 unspecified atom stereocenters. The largest absolute Gasteiger partial charge is 0.496 e. The summed E-state index contributed by atoms with van der Waals surface area (Å²) in [5.74, 6) is 1.82. The Hall–Kier alpha value is -2.20. The van der Waals surface area contributed by atoms with Crippen molar-refractivity contribution in [2.24, 2.45) is 0 Å². The van der Waals surface area contributed by atoms with Crippen molar-refractivity contribution in [3.63, 3.8) is 0 Å². The molecule has 25 heavy (non-hydrogen) atoms. The highest BCUT2D eigenvalue weighted by Crippen LogP contribution is 2.36. The summed E-state index contributed by atoms with van der Waals surface area (Å²) >= 11 is 6.25. The SMILES string of the molecule is COc1ccccc1-c1nc2ccc(Cl)cn2c1NC1CCCCC1. The molecule has 0 atom stereocenters. The van der Waals surface area contributed by atoms with E-state index in [-0.39, 0.29) is 0 Å². The van der Waals surface area contributed by atoms with Crippen LogP contribution < -0.4 is 10.1 Å². The number of nitrogens with one attached hydrogen (secondary N) is 1. The van der Waals surface area contributed by atoms with Crippen LogP contribution in [0.4, 0.5) is 5.82 Å². The first-order valence-electron chi connectivity index (χ1n) is 8.84. The summed E-state index contributed by atoms with van der Waals surface area (Å²) in [7, 11) is 1.69. The average Bonchev–Trinajstić information content (AvgIpc) is 3.00. The zero-order valence-electron chi connectivity index (χ0n) is 14.3. The van der Waals surface area contributed by atoms with Gasteiger partial charge in [-0.25, -0.2) is 4.98 Å². The zero-order chi connectivity index (χ0) is 17.2. The molecule has 0 amide bonds. The number of aromatic nitrogens is 2. The van der Waals surface area contributed by atoms with Crippen molar-refractivity contribution in [3.8, 4) is 17.0 Å². The second-order valence-corrected chi connectivity index (χ2v) is 7.00. The first kappa shape index (κ1) is 16.3. The maximum atomic E-state index is 6.25. The van der Waals surface area contributed by atoms with Gasteiger partial charge in [0.15, 0.2) is 0 Å². The topological polar surface area (TPSA) is 38.6 Å².